The molecule has 6 heteroatoms. The van der Waals surface area contributed by atoms with Gasteiger partial charge in [0, 0.05) is 47.7 Å². The second-order valence-electron chi connectivity index (χ2n) is 13.0. The molecule has 44 heavy (non-hydrogen) atoms. The molecular weight excluding hydrogens is 544 g/mol. The average Bonchev–Trinajstić information content (AvgIpc) is 3.84. The van der Waals surface area contributed by atoms with Gasteiger partial charge in [-0.05, 0) is 48.9 Å². The third-order valence-corrected chi connectivity index (χ3v) is 11.1. The first-order valence-electron chi connectivity index (χ1n) is 16.1. The molecular formula is C38H36N4O2. The number of anilines is 2. The van der Waals surface area contributed by atoms with E-state index in [1.807, 2.05) is 58.3 Å². The first-order chi connectivity index (χ1) is 21.7. The zero-order valence-corrected chi connectivity index (χ0v) is 24.8. The molecule has 0 saturated carbocycles. The van der Waals surface area contributed by atoms with E-state index < -0.39 is 11.1 Å². The molecule has 0 N–H and O–H groups in total. The summed E-state index contributed by atoms with van der Waals surface area (Å²) in [7, 11) is 0. The largest absolute Gasteiger partial charge is 0.306 e. The Balaban J connectivity index is 1.33. The van der Waals surface area contributed by atoms with Crippen molar-refractivity contribution in [3.63, 3.8) is 0 Å². The Morgan fingerprint density at radius 2 is 0.909 bits per heavy atom. The lowest BCUT2D eigenvalue weighted by molar-refractivity contribution is -0.180. The fraction of sp³-hybridized carbons (Fsp3) is 0.316. The molecule has 2 amide bonds. The second kappa shape index (κ2) is 9.62. The van der Waals surface area contributed by atoms with Crippen molar-refractivity contribution in [2.45, 2.75) is 61.9 Å². The molecule has 0 aromatic heterocycles. The maximum Gasteiger partial charge on any atom is 0.255 e. The van der Waals surface area contributed by atoms with E-state index in [1.54, 1.807) is 0 Å². The number of piperazine rings is 1. The van der Waals surface area contributed by atoms with Crippen LogP contribution in [-0.2, 0) is 33.8 Å². The number of fused-ring (bicyclic) bond motifs is 10. The molecule has 6 nitrogen and oxygen atoms in total. The van der Waals surface area contributed by atoms with Crippen LogP contribution in [0, 0.1) is 0 Å². The number of para-hydroxylation sites is 2. The van der Waals surface area contributed by atoms with Crippen LogP contribution >= 0.6 is 0 Å². The van der Waals surface area contributed by atoms with Crippen LogP contribution in [0.4, 0.5) is 11.4 Å². The molecule has 0 unspecified atom stereocenters. The first-order valence-corrected chi connectivity index (χ1v) is 16.1. The average molecular weight is 581 g/mol. The van der Waals surface area contributed by atoms with Gasteiger partial charge in [-0.3, -0.25) is 19.4 Å². The third-order valence-electron chi connectivity index (χ3n) is 11.1. The number of benzene rings is 4. The van der Waals surface area contributed by atoms with Crippen LogP contribution < -0.4 is 9.80 Å². The number of carbonyl (C=O) groups is 2. The fourth-order valence-corrected chi connectivity index (χ4v) is 9.60. The van der Waals surface area contributed by atoms with Crippen molar-refractivity contribution in [2.75, 3.05) is 22.9 Å². The summed E-state index contributed by atoms with van der Waals surface area (Å²) in [5.41, 5.74) is 3.63. The van der Waals surface area contributed by atoms with Gasteiger partial charge in [-0.25, -0.2) is 0 Å². The second-order valence-corrected chi connectivity index (χ2v) is 13.0. The van der Waals surface area contributed by atoms with Crippen LogP contribution in [0.5, 0.6) is 0 Å². The van der Waals surface area contributed by atoms with Crippen LogP contribution in [0.15, 0.2) is 109 Å². The normalized spacial score (nSPS) is 29.0. The van der Waals surface area contributed by atoms with Gasteiger partial charge in [-0.15, -0.1) is 0 Å². The quantitative estimate of drug-likeness (QED) is 0.306. The van der Waals surface area contributed by atoms with Crippen molar-refractivity contribution < 1.29 is 9.59 Å². The summed E-state index contributed by atoms with van der Waals surface area (Å²) in [5, 5.41) is 0. The molecule has 0 radical (unpaired) electrons. The molecule has 3 fully saturated rings. The van der Waals surface area contributed by atoms with E-state index in [-0.39, 0.29) is 23.9 Å². The molecule has 5 aliphatic rings. The highest BCUT2D eigenvalue weighted by molar-refractivity contribution is 6.18. The van der Waals surface area contributed by atoms with Crippen LogP contribution in [0.25, 0.3) is 0 Å². The van der Waals surface area contributed by atoms with Crippen molar-refractivity contribution in [1.82, 2.24) is 9.80 Å². The van der Waals surface area contributed by atoms with E-state index in [9.17, 15) is 0 Å². The van der Waals surface area contributed by atoms with Crippen molar-refractivity contribution in [1.29, 1.82) is 0 Å². The zero-order valence-electron chi connectivity index (χ0n) is 24.8. The molecule has 4 atom stereocenters. The Morgan fingerprint density at radius 3 is 1.34 bits per heavy atom. The van der Waals surface area contributed by atoms with Gasteiger partial charge in [0.25, 0.3) is 11.8 Å². The monoisotopic (exact) mass is 580 g/mol. The fourth-order valence-electron chi connectivity index (χ4n) is 9.60. The summed E-state index contributed by atoms with van der Waals surface area (Å²) in [4.78, 5) is 40.5. The maximum atomic E-state index is 15.7. The number of amides is 2. The lowest BCUT2D eigenvalue weighted by atomic mass is 9.64. The highest BCUT2D eigenvalue weighted by Crippen LogP contribution is 2.66. The lowest BCUT2D eigenvalue weighted by Gasteiger charge is -2.61. The van der Waals surface area contributed by atoms with Crippen molar-refractivity contribution in [3.8, 4) is 0 Å². The van der Waals surface area contributed by atoms with Gasteiger partial charge in [0.05, 0.1) is 13.1 Å². The lowest BCUT2D eigenvalue weighted by Crippen LogP contribution is -2.80. The van der Waals surface area contributed by atoms with Gasteiger partial charge in [0.1, 0.15) is 0 Å². The predicted octanol–water partition coefficient (Wildman–Crippen LogP) is 5.81. The summed E-state index contributed by atoms with van der Waals surface area (Å²) in [5.74, 6) is 0.0639. The summed E-state index contributed by atoms with van der Waals surface area (Å²) < 4.78 is 0. The molecule has 0 bridgehead atoms. The van der Waals surface area contributed by atoms with Crippen molar-refractivity contribution in [2.24, 2.45) is 0 Å². The molecule has 2 spiro atoms. The predicted molar refractivity (Wildman–Crippen MR) is 171 cm³/mol. The number of hydrogen-bond donors (Lipinski definition) is 0. The smallest absolute Gasteiger partial charge is 0.255 e. The Hall–Kier alpha value is -4.26. The molecule has 3 saturated heterocycles. The van der Waals surface area contributed by atoms with E-state index in [2.05, 4.69) is 70.5 Å². The van der Waals surface area contributed by atoms with E-state index >= 15 is 9.59 Å². The summed E-state index contributed by atoms with van der Waals surface area (Å²) in [6.45, 7) is 2.56. The molecule has 4 aromatic carbocycles. The Morgan fingerprint density at radius 1 is 0.523 bits per heavy atom. The minimum absolute atomic E-state index is 0.0320. The molecule has 5 heterocycles. The number of nitrogens with zero attached hydrogens (tertiary/aromatic N) is 4. The number of carbonyl (C=O) groups excluding carboxylic acids is 2. The third kappa shape index (κ3) is 3.17. The molecule has 4 aromatic rings. The van der Waals surface area contributed by atoms with E-state index in [4.69, 9.17) is 0 Å². The van der Waals surface area contributed by atoms with Crippen LogP contribution in [0.1, 0.15) is 47.9 Å². The minimum atomic E-state index is -1.17. The number of hydrogen-bond acceptors (Lipinski definition) is 4. The summed E-state index contributed by atoms with van der Waals surface area (Å²) >= 11 is 0. The van der Waals surface area contributed by atoms with E-state index in [0.717, 1.165) is 72.4 Å². The van der Waals surface area contributed by atoms with Crippen molar-refractivity contribution >= 4 is 23.2 Å². The maximum absolute atomic E-state index is 15.7. The molecule has 5 aliphatic heterocycles. The van der Waals surface area contributed by atoms with E-state index in [0.29, 0.717) is 13.1 Å². The Bertz CT molecular complexity index is 1650. The molecule has 0 aliphatic carbocycles. The Labute approximate surface area is 258 Å². The molecule has 220 valence electrons. The van der Waals surface area contributed by atoms with E-state index in [1.165, 1.54) is 0 Å². The van der Waals surface area contributed by atoms with Gasteiger partial charge >= 0.3 is 0 Å². The van der Waals surface area contributed by atoms with Crippen LogP contribution in [0.3, 0.4) is 0 Å². The number of rotatable bonds is 4. The zero-order chi connectivity index (χ0) is 29.5. The first kappa shape index (κ1) is 26.2. The van der Waals surface area contributed by atoms with Crippen LogP contribution in [0.2, 0.25) is 0 Å². The summed E-state index contributed by atoms with van der Waals surface area (Å²) in [6, 6.07) is 37.6. The topological polar surface area (TPSA) is 47.1 Å². The van der Waals surface area contributed by atoms with Crippen LogP contribution in [-0.4, -0.2) is 46.8 Å². The van der Waals surface area contributed by atoms with Gasteiger partial charge in [-0.2, -0.15) is 0 Å². The van der Waals surface area contributed by atoms with Gasteiger partial charge in [0.2, 0.25) is 0 Å². The van der Waals surface area contributed by atoms with Gasteiger partial charge < -0.3 is 9.80 Å². The Kier molecular flexibility index (Phi) is 5.72. The highest BCUT2D eigenvalue weighted by Gasteiger charge is 2.79. The highest BCUT2D eigenvalue weighted by atomic mass is 16.2. The SMILES string of the molecule is O=C1N(Cc2ccccc2)c2ccccc2[C@]12N1CCC[C@H]1[C@@H]1CCCN1[C@]21C(=O)N(Cc2ccccc2)c2ccccc21. The minimum Gasteiger partial charge on any atom is -0.306 e. The van der Waals surface area contributed by atoms with Gasteiger partial charge in [-0.1, -0.05) is 97.1 Å². The van der Waals surface area contributed by atoms with Gasteiger partial charge in [0.15, 0.2) is 11.1 Å². The standard InChI is InChI=1S/C38H36N4O2/c43-35-37(29-17-7-9-19-31(29)39(35)25-27-13-3-1-4-14-27)38(42-24-12-22-34(42)33-21-11-23-41(33)37)30-18-8-10-20-32(30)40(36(38)44)26-28-15-5-2-6-16-28/h1-10,13-20,33-34H,11-12,21-26H2/t33-,34-,37-,38+/m0/s1. The van der Waals surface area contributed by atoms with Crippen molar-refractivity contribution in [3.05, 3.63) is 131 Å². The summed E-state index contributed by atoms with van der Waals surface area (Å²) in [6.07, 6.45) is 4.17. The molecule has 9 rings (SSSR count).